The van der Waals surface area contributed by atoms with Gasteiger partial charge in [-0.05, 0) is 0 Å². The van der Waals surface area contributed by atoms with Gasteiger partial charge < -0.3 is 15.0 Å². The third-order valence-electron chi connectivity index (χ3n) is 4.30. The Kier molecular flexibility index (Phi) is 5.58. The van der Waals surface area contributed by atoms with Crippen molar-refractivity contribution in [2.75, 3.05) is 45.9 Å². The second kappa shape index (κ2) is 7.85. The minimum Gasteiger partial charge on any atom is -0.379 e. The van der Waals surface area contributed by atoms with Crippen LogP contribution < -0.4 is 5.32 Å². The highest BCUT2D eigenvalue weighted by atomic mass is 32.1. The van der Waals surface area contributed by atoms with E-state index in [-0.39, 0.29) is 17.7 Å². The maximum absolute atomic E-state index is 12.2. The maximum atomic E-state index is 12.2. The van der Waals surface area contributed by atoms with Crippen LogP contribution in [0.5, 0.6) is 0 Å². The molecule has 2 aliphatic rings. The van der Waals surface area contributed by atoms with Gasteiger partial charge in [0, 0.05) is 44.5 Å². The first kappa shape index (κ1) is 16.4. The lowest BCUT2D eigenvalue weighted by Gasteiger charge is -2.28. The molecule has 8 heteroatoms. The molecule has 3 rings (SSSR count). The van der Waals surface area contributed by atoms with Gasteiger partial charge >= 0.3 is 0 Å². The number of hydrogen-bond acceptors (Lipinski definition) is 6. The van der Waals surface area contributed by atoms with Crippen molar-refractivity contribution in [2.24, 2.45) is 5.92 Å². The van der Waals surface area contributed by atoms with Gasteiger partial charge in [0.1, 0.15) is 0 Å². The Morgan fingerprint density at radius 2 is 2.22 bits per heavy atom. The van der Waals surface area contributed by atoms with E-state index in [1.807, 2.05) is 10.3 Å². The van der Waals surface area contributed by atoms with Crippen molar-refractivity contribution in [2.45, 2.75) is 13.0 Å². The van der Waals surface area contributed by atoms with Crippen LogP contribution in [0.25, 0.3) is 0 Å². The molecule has 126 valence electrons. The topological polar surface area (TPSA) is 74.8 Å². The molecule has 0 spiro atoms. The van der Waals surface area contributed by atoms with Crippen molar-refractivity contribution in [3.8, 4) is 0 Å². The first-order valence-electron chi connectivity index (χ1n) is 7.95. The summed E-state index contributed by atoms with van der Waals surface area (Å²) in [5.41, 5.74) is 2.60. The number of nitrogens with one attached hydrogen (secondary N) is 1. The fourth-order valence-electron chi connectivity index (χ4n) is 2.90. The van der Waals surface area contributed by atoms with Gasteiger partial charge in [-0.15, -0.1) is 11.3 Å². The number of rotatable bonds is 6. The first-order chi connectivity index (χ1) is 11.2. The van der Waals surface area contributed by atoms with E-state index in [0.29, 0.717) is 26.1 Å². The molecule has 1 atom stereocenters. The summed E-state index contributed by atoms with van der Waals surface area (Å²) in [6.07, 6.45) is 0.312. The van der Waals surface area contributed by atoms with Gasteiger partial charge in [-0.25, -0.2) is 4.98 Å². The zero-order chi connectivity index (χ0) is 16.1. The summed E-state index contributed by atoms with van der Waals surface area (Å²) in [4.78, 5) is 32.5. The molecule has 0 saturated carbocycles. The number of hydrogen-bond donors (Lipinski definition) is 1. The van der Waals surface area contributed by atoms with Gasteiger partial charge in [0.05, 0.1) is 36.9 Å². The molecule has 0 unspecified atom stereocenters. The molecule has 1 aromatic heterocycles. The molecular formula is C15H22N4O3S. The largest absolute Gasteiger partial charge is 0.379 e. The normalized spacial score (nSPS) is 22.5. The predicted molar refractivity (Wildman–Crippen MR) is 85.9 cm³/mol. The van der Waals surface area contributed by atoms with Gasteiger partial charge in [0.2, 0.25) is 11.8 Å². The van der Waals surface area contributed by atoms with E-state index in [1.165, 1.54) is 11.3 Å². The molecule has 1 N–H and O–H groups in total. The summed E-state index contributed by atoms with van der Waals surface area (Å²) >= 11 is 1.51. The second-order valence-corrected chi connectivity index (χ2v) is 6.61. The monoisotopic (exact) mass is 338 g/mol. The van der Waals surface area contributed by atoms with E-state index in [9.17, 15) is 9.59 Å². The van der Waals surface area contributed by atoms with Crippen LogP contribution in [0.4, 0.5) is 0 Å². The Hall–Kier alpha value is -1.51. The van der Waals surface area contributed by atoms with Crippen molar-refractivity contribution >= 4 is 23.2 Å². The lowest BCUT2D eigenvalue weighted by molar-refractivity contribution is -0.129. The molecule has 0 bridgehead atoms. The Morgan fingerprint density at radius 3 is 2.96 bits per heavy atom. The van der Waals surface area contributed by atoms with Gasteiger partial charge in [0.25, 0.3) is 0 Å². The van der Waals surface area contributed by atoms with E-state index < -0.39 is 0 Å². The lowest BCUT2D eigenvalue weighted by atomic mass is 10.1. The first-order valence-corrected chi connectivity index (χ1v) is 8.89. The number of carbonyl (C=O) groups is 2. The van der Waals surface area contributed by atoms with E-state index >= 15 is 0 Å². The molecule has 7 nitrogen and oxygen atoms in total. The minimum atomic E-state index is -0.245. The summed E-state index contributed by atoms with van der Waals surface area (Å²) in [7, 11) is 0. The molecule has 23 heavy (non-hydrogen) atoms. The van der Waals surface area contributed by atoms with Gasteiger partial charge in [-0.2, -0.15) is 0 Å². The van der Waals surface area contributed by atoms with Gasteiger partial charge in [0.15, 0.2) is 0 Å². The number of morpholine rings is 1. The number of thiazole rings is 1. The summed E-state index contributed by atoms with van der Waals surface area (Å²) in [5, 5.41) is 4.78. The van der Waals surface area contributed by atoms with Crippen molar-refractivity contribution < 1.29 is 14.3 Å². The summed E-state index contributed by atoms with van der Waals surface area (Å²) in [5.74, 6) is -0.224. The molecule has 0 aliphatic carbocycles. The molecule has 3 heterocycles. The summed E-state index contributed by atoms with van der Waals surface area (Å²) in [6, 6.07) is 0. The van der Waals surface area contributed by atoms with Crippen molar-refractivity contribution in [1.82, 2.24) is 20.1 Å². The average Bonchev–Trinajstić information content (AvgIpc) is 3.21. The number of aromatic nitrogens is 1. The van der Waals surface area contributed by atoms with Crippen molar-refractivity contribution in [3.63, 3.8) is 0 Å². The van der Waals surface area contributed by atoms with E-state index in [2.05, 4.69) is 15.2 Å². The molecule has 0 radical (unpaired) electrons. The Bertz CT molecular complexity index is 531. The fraction of sp³-hybridized carbons (Fsp3) is 0.667. The zero-order valence-corrected chi connectivity index (χ0v) is 13.9. The van der Waals surface area contributed by atoms with Gasteiger partial charge in [-0.3, -0.25) is 14.5 Å². The predicted octanol–water partition coefficient (Wildman–Crippen LogP) is -0.0600. The third-order valence-corrected chi connectivity index (χ3v) is 4.94. The Balaban J connectivity index is 1.42. The number of carbonyl (C=O) groups excluding carboxylic acids is 2. The highest BCUT2D eigenvalue weighted by molar-refractivity contribution is 7.07. The average molecular weight is 338 g/mol. The minimum absolute atomic E-state index is 0.0553. The highest BCUT2D eigenvalue weighted by Gasteiger charge is 2.34. The Morgan fingerprint density at radius 1 is 1.39 bits per heavy atom. The van der Waals surface area contributed by atoms with Crippen LogP contribution >= 0.6 is 11.3 Å². The number of nitrogens with zero attached hydrogens (tertiary/aromatic N) is 3. The Labute approximate surface area is 139 Å². The smallest absolute Gasteiger partial charge is 0.225 e. The van der Waals surface area contributed by atoms with E-state index in [4.69, 9.17) is 4.74 Å². The second-order valence-electron chi connectivity index (χ2n) is 5.89. The zero-order valence-electron chi connectivity index (χ0n) is 13.1. The number of amides is 2. The summed E-state index contributed by atoms with van der Waals surface area (Å²) < 4.78 is 5.32. The molecule has 2 fully saturated rings. The van der Waals surface area contributed by atoms with Crippen LogP contribution in [0.3, 0.4) is 0 Å². The highest BCUT2D eigenvalue weighted by Crippen LogP contribution is 2.18. The van der Waals surface area contributed by atoms with Crippen molar-refractivity contribution in [3.05, 3.63) is 16.6 Å². The van der Waals surface area contributed by atoms with E-state index in [1.54, 1.807) is 5.51 Å². The maximum Gasteiger partial charge on any atom is 0.225 e. The van der Waals surface area contributed by atoms with Crippen LogP contribution in [-0.2, 0) is 20.9 Å². The quantitative estimate of drug-likeness (QED) is 0.787. The van der Waals surface area contributed by atoms with E-state index in [0.717, 1.165) is 38.5 Å². The lowest BCUT2D eigenvalue weighted by Crippen LogP contribution is -2.42. The van der Waals surface area contributed by atoms with Crippen molar-refractivity contribution in [1.29, 1.82) is 0 Å². The molecule has 2 saturated heterocycles. The number of likely N-dealkylation sites (tertiary alicyclic amines) is 1. The van der Waals surface area contributed by atoms with Crippen LogP contribution in [0.15, 0.2) is 10.9 Å². The molecular weight excluding hydrogens is 316 g/mol. The standard InChI is InChI=1S/C15H22N4O3S/c20-14-7-12(15(21)16-8-13-10-23-11-17-13)9-19(14)2-1-18-3-5-22-6-4-18/h10-12H,1-9H2,(H,16,21)/t12-/m0/s1. The SMILES string of the molecule is O=C(NCc1cscn1)[C@H]1CC(=O)N(CCN2CCOCC2)C1. The van der Waals surface area contributed by atoms with Gasteiger partial charge in [-0.1, -0.05) is 0 Å². The van der Waals surface area contributed by atoms with Crippen LogP contribution in [0.1, 0.15) is 12.1 Å². The van der Waals surface area contributed by atoms with Crippen LogP contribution in [0.2, 0.25) is 0 Å². The molecule has 1 aromatic rings. The number of ether oxygens (including phenoxy) is 1. The van der Waals surface area contributed by atoms with Crippen LogP contribution in [-0.4, -0.2) is 72.5 Å². The fourth-order valence-corrected chi connectivity index (χ4v) is 3.46. The molecule has 2 aliphatic heterocycles. The van der Waals surface area contributed by atoms with Crippen LogP contribution in [0, 0.1) is 5.92 Å². The molecule has 0 aromatic carbocycles. The third kappa shape index (κ3) is 4.49. The molecule has 2 amide bonds. The summed E-state index contributed by atoms with van der Waals surface area (Å²) in [6.45, 7) is 5.84.